The summed E-state index contributed by atoms with van der Waals surface area (Å²) in [6.07, 6.45) is 11.3. The molecule has 8 heteroatoms. The second-order valence-electron chi connectivity index (χ2n) is 5.60. The molecule has 0 aliphatic carbocycles. The number of alkyl halides is 3. The minimum Gasteiger partial charge on any atom is -0.300 e. The Labute approximate surface area is 131 Å². The first kappa shape index (κ1) is 21.7. The van der Waals surface area contributed by atoms with Gasteiger partial charge in [-0.2, -0.15) is 21.6 Å². The maximum Gasteiger partial charge on any atom is 0.522 e. The Bertz CT molecular complexity index is 383. The highest BCUT2D eigenvalue weighted by Crippen LogP contribution is 2.21. The largest absolute Gasteiger partial charge is 0.522 e. The van der Waals surface area contributed by atoms with E-state index in [4.69, 9.17) is 13.0 Å². The van der Waals surface area contributed by atoms with Crippen molar-refractivity contribution < 1.29 is 26.1 Å². The predicted molar refractivity (Wildman–Crippen MR) is 81.2 cm³/mol. The van der Waals surface area contributed by atoms with Gasteiger partial charge in [0, 0.05) is 6.04 Å². The van der Waals surface area contributed by atoms with Crippen molar-refractivity contribution in [1.29, 1.82) is 0 Å². The maximum absolute atomic E-state index is 10.7. The molecule has 1 aliphatic rings. The van der Waals surface area contributed by atoms with Gasteiger partial charge < -0.3 is 4.90 Å². The number of unbranched alkanes of at least 4 members (excludes halogenated alkanes) is 2. The molecule has 1 unspecified atom stereocenters. The van der Waals surface area contributed by atoms with E-state index in [0.29, 0.717) is 0 Å². The molecular weight excluding hydrogens is 319 g/mol. The fraction of sp³-hybridized carbons (Fsp3) is 1.00. The summed E-state index contributed by atoms with van der Waals surface area (Å²) in [4.78, 5) is 2.75. The van der Waals surface area contributed by atoms with Crippen molar-refractivity contribution in [2.45, 2.75) is 76.8 Å². The summed E-state index contributed by atoms with van der Waals surface area (Å²) in [6.45, 7) is 7.34. The van der Waals surface area contributed by atoms with Crippen LogP contribution in [0.2, 0.25) is 0 Å². The van der Waals surface area contributed by atoms with Crippen LogP contribution in [0.4, 0.5) is 13.2 Å². The van der Waals surface area contributed by atoms with Crippen molar-refractivity contribution in [3.05, 3.63) is 0 Å². The SMILES string of the molecule is CCCCCN1CCCCC1CCC.O=S(=O)(O)C(F)(F)F. The van der Waals surface area contributed by atoms with E-state index in [0.717, 1.165) is 6.04 Å². The molecular formula is C14H28F3NO3S. The average Bonchev–Trinajstić information content (AvgIpc) is 2.40. The molecule has 1 heterocycles. The maximum atomic E-state index is 10.7. The van der Waals surface area contributed by atoms with Gasteiger partial charge in [-0.05, 0) is 38.8 Å². The molecule has 0 aromatic heterocycles. The smallest absolute Gasteiger partial charge is 0.300 e. The second kappa shape index (κ2) is 10.4. The Hall–Kier alpha value is -0.340. The lowest BCUT2D eigenvalue weighted by Crippen LogP contribution is -2.39. The molecule has 4 nitrogen and oxygen atoms in total. The van der Waals surface area contributed by atoms with Crippen LogP contribution in [-0.4, -0.2) is 42.5 Å². The lowest BCUT2D eigenvalue weighted by Gasteiger charge is -2.35. The zero-order chi connectivity index (χ0) is 17.2. The standard InChI is InChI=1S/C13H27N.CHF3O3S/c1-3-5-7-11-14-12-8-6-10-13(14)9-4-2;2-1(3,4)8(5,6)7/h13H,3-12H2,1-2H3;(H,5,6,7). The zero-order valence-corrected chi connectivity index (χ0v) is 14.2. The first-order valence-electron chi connectivity index (χ1n) is 7.91. The van der Waals surface area contributed by atoms with Gasteiger partial charge in [0.15, 0.2) is 0 Å². The van der Waals surface area contributed by atoms with Gasteiger partial charge in [0.25, 0.3) is 0 Å². The van der Waals surface area contributed by atoms with E-state index in [9.17, 15) is 13.2 Å². The fourth-order valence-corrected chi connectivity index (χ4v) is 2.58. The Morgan fingerprint density at radius 1 is 1.14 bits per heavy atom. The number of likely N-dealkylation sites (tertiary alicyclic amines) is 1. The normalized spacial score (nSPS) is 20.4. The molecule has 0 amide bonds. The van der Waals surface area contributed by atoms with E-state index in [-0.39, 0.29) is 0 Å². The molecule has 1 fully saturated rings. The zero-order valence-electron chi connectivity index (χ0n) is 13.4. The minimum absolute atomic E-state index is 0.922. The monoisotopic (exact) mass is 347 g/mol. The van der Waals surface area contributed by atoms with Crippen molar-refractivity contribution in [2.75, 3.05) is 13.1 Å². The van der Waals surface area contributed by atoms with Crippen LogP contribution >= 0.6 is 0 Å². The topological polar surface area (TPSA) is 57.6 Å². The molecule has 0 radical (unpaired) electrons. The Balaban J connectivity index is 0.000000472. The van der Waals surface area contributed by atoms with E-state index in [1.165, 1.54) is 64.5 Å². The summed E-state index contributed by atoms with van der Waals surface area (Å²) in [5, 5.41) is 0. The summed E-state index contributed by atoms with van der Waals surface area (Å²) in [5.41, 5.74) is -5.53. The van der Waals surface area contributed by atoms with E-state index >= 15 is 0 Å². The fourth-order valence-electron chi connectivity index (χ4n) is 2.58. The second-order valence-corrected chi connectivity index (χ2v) is 7.02. The highest BCUT2D eigenvalue weighted by atomic mass is 32.2. The molecule has 0 aromatic rings. The summed E-state index contributed by atoms with van der Waals surface area (Å²) in [5.74, 6) is 0. The van der Waals surface area contributed by atoms with Gasteiger partial charge in [-0.3, -0.25) is 4.55 Å². The van der Waals surface area contributed by atoms with Gasteiger partial charge in [-0.25, -0.2) is 0 Å². The molecule has 0 bridgehead atoms. The van der Waals surface area contributed by atoms with Crippen molar-refractivity contribution in [3.8, 4) is 0 Å². The van der Waals surface area contributed by atoms with Crippen LogP contribution in [0, 0.1) is 0 Å². The quantitative estimate of drug-likeness (QED) is 0.444. The number of piperidine rings is 1. The molecule has 22 heavy (non-hydrogen) atoms. The third-order valence-electron chi connectivity index (χ3n) is 3.71. The third-order valence-corrected chi connectivity index (χ3v) is 4.30. The van der Waals surface area contributed by atoms with E-state index in [1.54, 1.807) is 0 Å². The Morgan fingerprint density at radius 2 is 1.73 bits per heavy atom. The molecule has 134 valence electrons. The van der Waals surface area contributed by atoms with Crippen LogP contribution in [0.3, 0.4) is 0 Å². The number of nitrogens with zero attached hydrogens (tertiary/aromatic N) is 1. The van der Waals surface area contributed by atoms with Crippen LogP contribution in [0.1, 0.15) is 65.2 Å². The van der Waals surface area contributed by atoms with Crippen molar-refractivity contribution in [2.24, 2.45) is 0 Å². The number of hydrogen-bond donors (Lipinski definition) is 1. The minimum atomic E-state index is -5.84. The van der Waals surface area contributed by atoms with Crippen molar-refractivity contribution >= 4 is 10.1 Å². The summed E-state index contributed by atoms with van der Waals surface area (Å²) >= 11 is 0. The predicted octanol–water partition coefficient (Wildman–Crippen LogP) is 4.23. The van der Waals surface area contributed by atoms with E-state index in [1.807, 2.05) is 0 Å². The lowest BCUT2D eigenvalue weighted by molar-refractivity contribution is -0.0510. The molecule has 0 spiro atoms. The average molecular weight is 347 g/mol. The summed E-state index contributed by atoms with van der Waals surface area (Å²) < 4.78 is 57.5. The number of rotatable bonds is 6. The first-order valence-corrected chi connectivity index (χ1v) is 9.35. The van der Waals surface area contributed by atoms with Gasteiger partial charge in [0.2, 0.25) is 0 Å². The first-order chi connectivity index (χ1) is 10.1. The highest BCUT2D eigenvalue weighted by Gasteiger charge is 2.44. The molecule has 1 atom stereocenters. The van der Waals surface area contributed by atoms with Crippen molar-refractivity contribution in [1.82, 2.24) is 4.90 Å². The van der Waals surface area contributed by atoms with Gasteiger partial charge in [0.05, 0.1) is 0 Å². The summed E-state index contributed by atoms with van der Waals surface area (Å²) in [7, 11) is -5.84. The molecule has 0 saturated carbocycles. The third kappa shape index (κ3) is 8.95. The van der Waals surface area contributed by atoms with Gasteiger partial charge in [0.1, 0.15) is 0 Å². The Morgan fingerprint density at radius 3 is 2.18 bits per heavy atom. The van der Waals surface area contributed by atoms with E-state index in [2.05, 4.69) is 18.7 Å². The highest BCUT2D eigenvalue weighted by molar-refractivity contribution is 7.86. The van der Waals surface area contributed by atoms with Crippen molar-refractivity contribution in [3.63, 3.8) is 0 Å². The molecule has 1 saturated heterocycles. The van der Waals surface area contributed by atoms with Crippen LogP contribution in [-0.2, 0) is 10.1 Å². The number of halogens is 3. The van der Waals surface area contributed by atoms with E-state index < -0.39 is 15.6 Å². The van der Waals surface area contributed by atoms with Crippen LogP contribution in [0.5, 0.6) is 0 Å². The lowest BCUT2D eigenvalue weighted by atomic mass is 9.98. The molecule has 1 rings (SSSR count). The van der Waals surface area contributed by atoms with Crippen LogP contribution in [0.15, 0.2) is 0 Å². The molecule has 1 aliphatic heterocycles. The Kier molecular flexibility index (Phi) is 10.3. The van der Waals surface area contributed by atoms with Gasteiger partial charge >= 0.3 is 15.6 Å². The molecule has 1 N–H and O–H groups in total. The summed E-state index contributed by atoms with van der Waals surface area (Å²) in [6, 6.07) is 0.922. The van der Waals surface area contributed by atoms with Gasteiger partial charge in [-0.1, -0.05) is 39.5 Å². The van der Waals surface area contributed by atoms with Crippen LogP contribution < -0.4 is 0 Å². The number of hydrogen-bond acceptors (Lipinski definition) is 3. The van der Waals surface area contributed by atoms with Crippen LogP contribution in [0.25, 0.3) is 0 Å². The van der Waals surface area contributed by atoms with Gasteiger partial charge in [-0.15, -0.1) is 0 Å². The molecule has 0 aromatic carbocycles.